The van der Waals surface area contributed by atoms with Gasteiger partial charge in [-0.05, 0) is 32.0 Å². The number of benzene rings is 1. The molecule has 0 bridgehead atoms. The fourth-order valence-corrected chi connectivity index (χ4v) is 1.67. The van der Waals surface area contributed by atoms with Gasteiger partial charge in [-0.2, -0.15) is 0 Å². The second-order valence-electron chi connectivity index (χ2n) is 4.31. The molecule has 1 atom stereocenters. The van der Waals surface area contributed by atoms with Gasteiger partial charge in [-0.1, -0.05) is 30.3 Å². The highest BCUT2D eigenvalue weighted by molar-refractivity contribution is 5.71. The van der Waals surface area contributed by atoms with Crippen LogP contribution in [0.4, 0.5) is 0 Å². The summed E-state index contributed by atoms with van der Waals surface area (Å²) in [5, 5.41) is 3.00. The molecule has 0 unspecified atom stereocenters. The van der Waals surface area contributed by atoms with Crippen molar-refractivity contribution in [3.63, 3.8) is 0 Å². The number of hydrogen-bond donors (Lipinski definition) is 2. The molecule has 0 aliphatic rings. The fraction of sp³-hybridized carbons (Fsp3) is 0.500. The predicted octanol–water partition coefficient (Wildman–Crippen LogP) is 1.10. The van der Waals surface area contributed by atoms with E-state index in [4.69, 9.17) is 10.5 Å². The normalized spacial score (nSPS) is 12.1. The Morgan fingerprint density at radius 3 is 2.78 bits per heavy atom. The Morgan fingerprint density at radius 2 is 2.11 bits per heavy atom. The van der Waals surface area contributed by atoms with Gasteiger partial charge in [-0.3, -0.25) is 4.79 Å². The molecule has 1 rings (SSSR count). The lowest BCUT2D eigenvalue weighted by molar-refractivity contribution is -0.146. The number of nitrogens with one attached hydrogen (secondary N) is 1. The summed E-state index contributed by atoms with van der Waals surface area (Å²) in [6.07, 6.45) is 1.51. The number of rotatable bonds is 8. The minimum atomic E-state index is -0.213. The molecular formula is C14H22N2O2. The van der Waals surface area contributed by atoms with E-state index in [1.165, 1.54) is 5.56 Å². The van der Waals surface area contributed by atoms with Gasteiger partial charge in [0.15, 0.2) is 0 Å². The summed E-state index contributed by atoms with van der Waals surface area (Å²) in [5.41, 5.74) is 6.53. The Balaban J connectivity index is 2.19. The molecule has 0 heterocycles. The van der Waals surface area contributed by atoms with Gasteiger partial charge in [0.25, 0.3) is 0 Å². The smallest absolute Gasteiger partial charge is 0.320 e. The number of ether oxygens (including phenoxy) is 1. The lowest BCUT2D eigenvalue weighted by atomic mass is 10.1. The van der Waals surface area contributed by atoms with E-state index in [0.717, 1.165) is 19.4 Å². The summed E-state index contributed by atoms with van der Waals surface area (Å²) in [6, 6.07) is 10.0. The predicted molar refractivity (Wildman–Crippen MR) is 72.2 cm³/mol. The monoisotopic (exact) mass is 250 g/mol. The molecule has 0 amide bonds. The third-order valence-electron chi connectivity index (χ3n) is 2.53. The largest absolute Gasteiger partial charge is 0.461 e. The molecule has 0 saturated heterocycles. The Hall–Kier alpha value is -1.39. The molecule has 0 aromatic heterocycles. The maximum absolute atomic E-state index is 11.5. The molecule has 18 heavy (non-hydrogen) atoms. The average Bonchev–Trinajstić information content (AvgIpc) is 2.35. The van der Waals surface area contributed by atoms with Crippen LogP contribution in [0.25, 0.3) is 0 Å². The van der Waals surface area contributed by atoms with E-state index in [1.54, 1.807) is 0 Å². The van der Waals surface area contributed by atoms with Crippen molar-refractivity contribution in [1.29, 1.82) is 0 Å². The molecule has 0 aliphatic heterocycles. The van der Waals surface area contributed by atoms with Crippen molar-refractivity contribution >= 4 is 5.97 Å². The van der Waals surface area contributed by atoms with Gasteiger partial charge in [0.2, 0.25) is 0 Å². The molecule has 0 fully saturated rings. The highest BCUT2D eigenvalue weighted by atomic mass is 16.5. The van der Waals surface area contributed by atoms with Crippen molar-refractivity contribution in [2.45, 2.75) is 25.9 Å². The van der Waals surface area contributed by atoms with E-state index < -0.39 is 0 Å². The van der Waals surface area contributed by atoms with Crippen LogP contribution in [0.1, 0.15) is 18.9 Å². The molecule has 4 heteroatoms. The van der Waals surface area contributed by atoms with E-state index in [1.807, 2.05) is 37.3 Å². The third-order valence-corrected chi connectivity index (χ3v) is 2.53. The van der Waals surface area contributed by atoms with Crippen molar-refractivity contribution in [2.75, 3.05) is 19.6 Å². The first kappa shape index (κ1) is 14.7. The summed E-state index contributed by atoms with van der Waals surface area (Å²) < 4.78 is 5.30. The molecule has 100 valence electrons. The van der Waals surface area contributed by atoms with Crippen LogP contribution in [0, 0.1) is 0 Å². The number of carbonyl (C=O) groups is 1. The summed E-state index contributed by atoms with van der Waals surface area (Å²) in [5.74, 6) is -0.213. The van der Waals surface area contributed by atoms with Gasteiger partial charge >= 0.3 is 5.97 Å². The van der Waals surface area contributed by atoms with Crippen molar-refractivity contribution in [1.82, 2.24) is 5.32 Å². The van der Waals surface area contributed by atoms with Crippen molar-refractivity contribution in [3.8, 4) is 0 Å². The molecule has 0 aliphatic carbocycles. The maximum atomic E-state index is 11.5. The van der Waals surface area contributed by atoms with Crippen LogP contribution in [0.3, 0.4) is 0 Å². The molecular weight excluding hydrogens is 228 g/mol. The van der Waals surface area contributed by atoms with E-state index >= 15 is 0 Å². The summed E-state index contributed by atoms with van der Waals surface area (Å²) in [7, 11) is 0. The zero-order valence-electron chi connectivity index (χ0n) is 10.9. The van der Waals surface area contributed by atoms with Gasteiger partial charge < -0.3 is 15.8 Å². The van der Waals surface area contributed by atoms with Gasteiger partial charge in [-0.25, -0.2) is 0 Å². The molecule has 1 aromatic carbocycles. The first-order valence-corrected chi connectivity index (χ1v) is 6.36. The summed E-state index contributed by atoms with van der Waals surface area (Å²) in [6.45, 7) is 3.54. The SMILES string of the molecule is C[C@@H](Cc1ccccc1)OC(=O)CNCCCN. The zero-order chi connectivity index (χ0) is 13.2. The molecule has 0 radical (unpaired) electrons. The number of nitrogens with two attached hydrogens (primary N) is 1. The molecule has 3 N–H and O–H groups in total. The summed E-state index contributed by atoms with van der Waals surface area (Å²) >= 11 is 0. The Bertz CT molecular complexity index is 341. The molecule has 4 nitrogen and oxygen atoms in total. The Kier molecular flexibility index (Phi) is 7.06. The standard InChI is InChI=1S/C14H22N2O2/c1-12(10-13-6-3-2-4-7-13)18-14(17)11-16-9-5-8-15/h2-4,6-7,12,16H,5,8-11,15H2,1H3/t12-/m0/s1. The van der Waals surface area contributed by atoms with Crippen LogP contribution in [-0.2, 0) is 16.0 Å². The quantitative estimate of drug-likeness (QED) is 0.535. The van der Waals surface area contributed by atoms with Crippen LogP contribution in [0.5, 0.6) is 0 Å². The maximum Gasteiger partial charge on any atom is 0.320 e. The number of carbonyl (C=O) groups excluding carboxylic acids is 1. The fourth-order valence-electron chi connectivity index (χ4n) is 1.67. The second-order valence-corrected chi connectivity index (χ2v) is 4.31. The number of hydrogen-bond acceptors (Lipinski definition) is 4. The highest BCUT2D eigenvalue weighted by Gasteiger charge is 2.09. The van der Waals surface area contributed by atoms with Crippen LogP contribution in [0.15, 0.2) is 30.3 Å². The van der Waals surface area contributed by atoms with Crippen molar-refractivity contribution in [3.05, 3.63) is 35.9 Å². The van der Waals surface area contributed by atoms with Gasteiger partial charge in [-0.15, -0.1) is 0 Å². The molecule has 0 saturated carbocycles. The first-order valence-electron chi connectivity index (χ1n) is 6.36. The van der Waals surface area contributed by atoms with E-state index in [9.17, 15) is 4.79 Å². The third kappa shape index (κ3) is 6.37. The van der Waals surface area contributed by atoms with E-state index in [-0.39, 0.29) is 18.6 Å². The minimum absolute atomic E-state index is 0.101. The second kappa shape index (κ2) is 8.66. The first-order chi connectivity index (χ1) is 8.72. The highest BCUT2D eigenvalue weighted by Crippen LogP contribution is 2.05. The van der Waals surface area contributed by atoms with E-state index in [0.29, 0.717) is 6.54 Å². The minimum Gasteiger partial charge on any atom is -0.461 e. The van der Waals surface area contributed by atoms with Gasteiger partial charge in [0.1, 0.15) is 6.10 Å². The number of esters is 1. The zero-order valence-corrected chi connectivity index (χ0v) is 10.9. The van der Waals surface area contributed by atoms with Crippen molar-refractivity contribution < 1.29 is 9.53 Å². The lowest BCUT2D eigenvalue weighted by Gasteiger charge is -2.13. The van der Waals surface area contributed by atoms with E-state index in [2.05, 4.69) is 5.32 Å². The molecule has 1 aromatic rings. The summed E-state index contributed by atoms with van der Waals surface area (Å²) in [4.78, 5) is 11.5. The van der Waals surface area contributed by atoms with Crippen LogP contribution in [0.2, 0.25) is 0 Å². The van der Waals surface area contributed by atoms with Gasteiger partial charge in [0.05, 0.1) is 6.54 Å². The average molecular weight is 250 g/mol. The topological polar surface area (TPSA) is 64.3 Å². The van der Waals surface area contributed by atoms with Gasteiger partial charge in [0, 0.05) is 6.42 Å². The van der Waals surface area contributed by atoms with Crippen molar-refractivity contribution in [2.24, 2.45) is 5.73 Å². The molecule has 0 spiro atoms. The Labute approximate surface area is 109 Å². The van der Waals surface area contributed by atoms with Crippen LogP contribution in [-0.4, -0.2) is 31.7 Å². The lowest BCUT2D eigenvalue weighted by Crippen LogP contribution is -2.29. The Morgan fingerprint density at radius 1 is 1.39 bits per heavy atom. The van der Waals surface area contributed by atoms with Crippen LogP contribution < -0.4 is 11.1 Å². The van der Waals surface area contributed by atoms with Crippen LogP contribution >= 0.6 is 0 Å².